The number of nitrogens with one attached hydrogen (secondary N) is 1. The highest BCUT2D eigenvalue weighted by Crippen LogP contribution is 2.35. The standard InChI is InChI=1S/C15H19NOS2/c1-10-3-4-12-11(7-10)8-13(17-12)15(16-2)14-9-18-5-6-19-14/h3-4,7-8,14-16H,5-6,9H2,1-2H3. The first-order valence-corrected chi connectivity index (χ1v) is 8.85. The lowest BCUT2D eigenvalue weighted by Crippen LogP contribution is -2.31. The second-order valence-corrected chi connectivity index (χ2v) is 7.44. The van der Waals surface area contributed by atoms with Gasteiger partial charge in [-0.1, -0.05) is 11.6 Å². The fourth-order valence-corrected chi connectivity index (χ4v) is 5.43. The quantitative estimate of drug-likeness (QED) is 0.929. The summed E-state index contributed by atoms with van der Waals surface area (Å²) in [4.78, 5) is 0. The van der Waals surface area contributed by atoms with Crippen molar-refractivity contribution in [1.82, 2.24) is 5.32 Å². The molecule has 1 aromatic heterocycles. The van der Waals surface area contributed by atoms with E-state index in [4.69, 9.17) is 4.42 Å². The summed E-state index contributed by atoms with van der Waals surface area (Å²) in [5.41, 5.74) is 2.28. The number of hydrogen-bond donors (Lipinski definition) is 1. The molecule has 2 atom stereocenters. The topological polar surface area (TPSA) is 25.2 Å². The molecule has 0 saturated carbocycles. The zero-order chi connectivity index (χ0) is 13.2. The molecule has 2 unspecified atom stereocenters. The van der Waals surface area contributed by atoms with Gasteiger partial charge in [0.1, 0.15) is 11.3 Å². The minimum Gasteiger partial charge on any atom is -0.459 e. The van der Waals surface area contributed by atoms with E-state index in [1.165, 1.54) is 28.2 Å². The molecular weight excluding hydrogens is 274 g/mol. The van der Waals surface area contributed by atoms with Gasteiger partial charge >= 0.3 is 0 Å². The monoisotopic (exact) mass is 293 g/mol. The van der Waals surface area contributed by atoms with Gasteiger partial charge in [0.05, 0.1) is 6.04 Å². The van der Waals surface area contributed by atoms with Crippen molar-refractivity contribution in [1.29, 1.82) is 0 Å². The SMILES string of the molecule is CNC(c1cc2cc(C)ccc2o1)C1CSCCS1. The first-order valence-electron chi connectivity index (χ1n) is 6.64. The summed E-state index contributed by atoms with van der Waals surface area (Å²) in [7, 11) is 2.03. The van der Waals surface area contributed by atoms with Crippen molar-refractivity contribution in [2.75, 3.05) is 24.3 Å². The van der Waals surface area contributed by atoms with Crippen molar-refractivity contribution in [2.24, 2.45) is 0 Å². The van der Waals surface area contributed by atoms with Gasteiger partial charge in [-0.15, -0.1) is 0 Å². The maximum Gasteiger partial charge on any atom is 0.134 e. The van der Waals surface area contributed by atoms with Crippen molar-refractivity contribution in [3.05, 3.63) is 35.6 Å². The molecule has 1 aromatic carbocycles. The third-order valence-corrected chi connectivity index (χ3v) is 6.39. The fourth-order valence-electron chi connectivity index (χ4n) is 2.55. The van der Waals surface area contributed by atoms with Gasteiger partial charge in [-0.2, -0.15) is 23.5 Å². The van der Waals surface area contributed by atoms with Gasteiger partial charge in [0.25, 0.3) is 0 Å². The van der Waals surface area contributed by atoms with Crippen molar-refractivity contribution in [3.63, 3.8) is 0 Å². The van der Waals surface area contributed by atoms with Crippen LogP contribution in [0.2, 0.25) is 0 Å². The number of thioether (sulfide) groups is 2. The molecule has 3 rings (SSSR count). The molecule has 1 aliphatic heterocycles. The smallest absolute Gasteiger partial charge is 0.134 e. The third kappa shape index (κ3) is 2.81. The molecule has 0 aliphatic carbocycles. The summed E-state index contributed by atoms with van der Waals surface area (Å²) in [5, 5.41) is 5.25. The summed E-state index contributed by atoms with van der Waals surface area (Å²) in [5.74, 6) is 4.79. The van der Waals surface area contributed by atoms with Crippen LogP contribution in [0.3, 0.4) is 0 Å². The van der Waals surface area contributed by atoms with Crippen LogP contribution in [0.15, 0.2) is 28.7 Å². The van der Waals surface area contributed by atoms with Gasteiger partial charge in [0, 0.05) is 27.9 Å². The summed E-state index contributed by atoms with van der Waals surface area (Å²) in [6, 6.07) is 8.88. The lowest BCUT2D eigenvalue weighted by Gasteiger charge is -2.27. The molecule has 1 fully saturated rings. The average molecular weight is 293 g/mol. The van der Waals surface area contributed by atoms with Crippen molar-refractivity contribution in [3.8, 4) is 0 Å². The van der Waals surface area contributed by atoms with Crippen molar-refractivity contribution >= 4 is 34.5 Å². The van der Waals surface area contributed by atoms with E-state index in [1.54, 1.807) is 0 Å². The van der Waals surface area contributed by atoms with Crippen molar-refractivity contribution in [2.45, 2.75) is 18.2 Å². The summed E-state index contributed by atoms with van der Waals surface area (Å²) >= 11 is 4.11. The maximum absolute atomic E-state index is 6.04. The second-order valence-electron chi connectivity index (χ2n) is 4.94. The predicted octanol–water partition coefficient (Wildman–Crippen LogP) is 3.85. The van der Waals surface area contributed by atoms with E-state index in [0.717, 1.165) is 11.3 Å². The highest BCUT2D eigenvalue weighted by molar-refractivity contribution is 8.06. The predicted molar refractivity (Wildman–Crippen MR) is 86.3 cm³/mol. The maximum atomic E-state index is 6.04. The van der Waals surface area contributed by atoms with E-state index in [0.29, 0.717) is 11.3 Å². The average Bonchev–Trinajstić information content (AvgIpc) is 2.83. The first-order chi connectivity index (χ1) is 9.28. The van der Waals surface area contributed by atoms with Crippen LogP contribution < -0.4 is 5.32 Å². The number of aryl methyl sites for hydroxylation is 1. The largest absolute Gasteiger partial charge is 0.459 e. The van der Waals surface area contributed by atoms with Gasteiger partial charge in [-0.3, -0.25) is 0 Å². The molecule has 1 N–H and O–H groups in total. The number of furan rings is 1. The van der Waals surface area contributed by atoms with Crippen LogP contribution in [0.25, 0.3) is 11.0 Å². The van der Waals surface area contributed by atoms with Crippen LogP contribution in [0.1, 0.15) is 17.4 Å². The third-order valence-electron chi connectivity index (χ3n) is 3.52. The van der Waals surface area contributed by atoms with E-state index in [1.807, 2.05) is 18.8 Å². The van der Waals surface area contributed by atoms with E-state index >= 15 is 0 Å². The molecule has 2 nitrogen and oxygen atoms in total. The molecule has 1 aliphatic rings. The molecule has 2 aromatic rings. The zero-order valence-corrected chi connectivity index (χ0v) is 12.9. The molecule has 2 heterocycles. The molecule has 0 radical (unpaired) electrons. The minimum atomic E-state index is 0.311. The Kier molecular flexibility index (Phi) is 4.10. The lowest BCUT2D eigenvalue weighted by atomic mass is 10.1. The van der Waals surface area contributed by atoms with Gasteiger partial charge < -0.3 is 9.73 Å². The number of benzene rings is 1. The summed E-state index contributed by atoms with van der Waals surface area (Å²) in [6.07, 6.45) is 0. The highest BCUT2D eigenvalue weighted by atomic mass is 32.2. The van der Waals surface area contributed by atoms with Crippen LogP contribution in [0.5, 0.6) is 0 Å². The molecule has 0 bridgehead atoms. The first kappa shape index (κ1) is 13.4. The second kappa shape index (κ2) is 5.81. The van der Waals surface area contributed by atoms with E-state index in [2.05, 4.69) is 48.3 Å². The zero-order valence-electron chi connectivity index (χ0n) is 11.3. The molecule has 1 saturated heterocycles. The van der Waals surface area contributed by atoms with Gasteiger partial charge in [0.15, 0.2) is 0 Å². The Morgan fingerprint density at radius 2 is 2.21 bits per heavy atom. The van der Waals surface area contributed by atoms with E-state index < -0.39 is 0 Å². The van der Waals surface area contributed by atoms with Gasteiger partial charge in [-0.25, -0.2) is 0 Å². The van der Waals surface area contributed by atoms with Crippen LogP contribution in [-0.2, 0) is 0 Å². The Hall–Kier alpha value is -0.580. The molecular formula is C15H19NOS2. The number of fused-ring (bicyclic) bond motifs is 1. The highest BCUT2D eigenvalue weighted by Gasteiger charge is 2.27. The molecule has 0 spiro atoms. The van der Waals surface area contributed by atoms with Crippen LogP contribution in [0.4, 0.5) is 0 Å². The minimum absolute atomic E-state index is 0.311. The fraction of sp³-hybridized carbons (Fsp3) is 0.467. The molecule has 0 amide bonds. The van der Waals surface area contributed by atoms with Gasteiger partial charge in [0.2, 0.25) is 0 Å². The van der Waals surface area contributed by atoms with Crippen LogP contribution in [-0.4, -0.2) is 29.6 Å². The Morgan fingerprint density at radius 3 is 2.95 bits per heavy atom. The van der Waals surface area contributed by atoms with E-state index in [-0.39, 0.29) is 0 Å². The Labute approximate surface area is 122 Å². The normalized spacial score (nSPS) is 21.7. The summed E-state index contributed by atoms with van der Waals surface area (Å²) < 4.78 is 6.04. The van der Waals surface area contributed by atoms with Crippen LogP contribution >= 0.6 is 23.5 Å². The molecule has 102 valence electrons. The number of rotatable bonds is 3. The Bertz CT molecular complexity index is 560. The molecule has 19 heavy (non-hydrogen) atoms. The van der Waals surface area contributed by atoms with Crippen LogP contribution in [0, 0.1) is 6.92 Å². The Balaban J connectivity index is 1.91. The molecule has 4 heteroatoms. The van der Waals surface area contributed by atoms with E-state index in [9.17, 15) is 0 Å². The number of hydrogen-bond acceptors (Lipinski definition) is 4. The summed E-state index contributed by atoms with van der Waals surface area (Å²) in [6.45, 7) is 2.12. The van der Waals surface area contributed by atoms with Gasteiger partial charge in [-0.05, 0) is 32.2 Å². The Morgan fingerprint density at radius 1 is 1.32 bits per heavy atom. The van der Waals surface area contributed by atoms with Crippen molar-refractivity contribution < 1.29 is 4.42 Å². The lowest BCUT2D eigenvalue weighted by molar-refractivity contribution is 0.452.